The van der Waals surface area contributed by atoms with E-state index in [4.69, 9.17) is 5.11 Å². The molecule has 1 aliphatic heterocycles. The van der Waals surface area contributed by atoms with Gasteiger partial charge in [-0.15, -0.1) is 0 Å². The van der Waals surface area contributed by atoms with E-state index >= 15 is 0 Å². The molecule has 0 aromatic carbocycles. The van der Waals surface area contributed by atoms with Crippen molar-refractivity contribution in [2.45, 2.75) is 45.1 Å². The molecule has 2 amide bonds. The van der Waals surface area contributed by atoms with E-state index < -0.39 is 5.97 Å². The number of aliphatic carboxylic acids is 1. The second-order valence-electron chi connectivity index (χ2n) is 6.28. The fourth-order valence-corrected chi connectivity index (χ4v) is 3.32. The van der Waals surface area contributed by atoms with E-state index in [2.05, 4.69) is 22.5 Å². The fourth-order valence-electron chi connectivity index (χ4n) is 3.32. The number of carboxylic acids is 1. The van der Waals surface area contributed by atoms with Crippen molar-refractivity contribution in [2.75, 3.05) is 26.2 Å². The van der Waals surface area contributed by atoms with Gasteiger partial charge < -0.3 is 20.6 Å². The summed E-state index contributed by atoms with van der Waals surface area (Å²) >= 11 is 0. The number of likely N-dealkylation sites (tertiary alicyclic amines) is 1. The Bertz CT molecular complexity index is 367. The van der Waals surface area contributed by atoms with Gasteiger partial charge in [0.05, 0.1) is 5.92 Å². The van der Waals surface area contributed by atoms with Crippen LogP contribution < -0.4 is 10.6 Å². The molecule has 2 fully saturated rings. The largest absolute Gasteiger partial charge is 0.481 e. The average Bonchev–Trinajstić information content (AvgIpc) is 2.94. The first-order valence-corrected chi connectivity index (χ1v) is 8.08. The molecular formula is C15H27N3O3. The number of piperidine rings is 1. The first-order chi connectivity index (χ1) is 10.1. The summed E-state index contributed by atoms with van der Waals surface area (Å²) in [6.45, 7) is 6.24. The molecule has 2 aliphatic rings. The number of nitrogens with one attached hydrogen (secondary N) is 2. The third-order valence-corrected chi connectivity index (χ3v) is 4.82. The molecular weight excluding hydrogens is 270 g/mol. The summed E-state index contributed by atoms with van der Waals surface area (Å²) in [5, 5.41) is 14.8. The number of carbonyl (C=O) groups excluding carboxylic acids is 1. The second kappa shape index (κ2) is 7.64. The number of carboxylic acid groups (broad SMARTS) is 1. The summed E-state index contributed by atoms with van der Waals surface area (Å²) in [4.78, 5) is 25.2. The lowest BCUT2D eigenvalue weighted by molar-refractivity contribution is -0.141. The normalized spacial score (nSPS) is 27.5. The maximum atomic E-state index is 11.9. The summed E-state index contributed by atoms with van der Waals surface area (Å²) in [5.74, 6) is -0.482. The fraction of sp³-hybridized carbons (Fsp3) is 0.867. The number of rotatable bonds is 5. The van der Waals surface area contributed by atoms with Gasteiger partial charge in [0.2, 0.25) is 0 Å². The molecule has 0 radical (unpaired) electrons. The van der Waals surface area contributed by atoms with E-state index in [1.165, 1.54) is 0 Å². The quantitative estimate of drug-likeness (QED) is 0.714. The molecule has 1 heterocycles. The van der Waals surface area contributed by atoms with Crippen molar-refractivity contribution in [3.8, 4) is 0 Å². The van der Waals surface area contributed by atoms with E-state index in [0.717, 1.165) is 45.4 Å². The SMILES string of the molecule is CCN1CCC(CNC(=O)NC2CCC(C(=O)O)C2)CC1. The van der Waals surface area contributed by atoms with E-state index in [9.17, 15) is 9.59 Å². The zero-order valence-electron chi connectivity index (χ0n) is 12.8. The molecule has 120 valence electrons. The molecule has 2 rings (SSSR count). The van der Waals surface area contributed by atoms with Gasteiger partial charge in [0.15, 0.2) is 0 Å². The van der Waals surface area contributed by atoms with Crippen LogP contribution in [0.25, 0.3) is 0 Å². The van der Waals surface area contributed by atoms with Crippen molar-refractivity contribution in [1.29, 1.82) is 0 Å². The zero-order chi connectivity index (χ0) is 15.2. The Morgan fingerprint density at radius 3 is 2.48 bits per heavy atom. The van der Waals surface area contributed by atoms with Crippen molar-refractivity contribution >= 4 is 12.0 Å². The van der Waals surface area contributed by atoms with Crippen molar-refractivity contribution in [3.63, 3.8) is 0 Å². The molecule has 2 atom stereocenters. The van der Waals surface area contributed by atoms with E-state index in [-0.39, 0.29) is 18.0 Å². The Labute approximate surface area is 126 Å². The first kappa shape index (κ1) is 16.1. The molecule has 6 heteroatoms. The summed E-state index contributed by atoms with van der Waals surface area (Å²) in [5.41, 5.74) is 0. The summed E-state index contributed by atoms with van der Waals surface area (Å²) in [7, 11) is 0. The zero-order valence-corrected chi connectivity index (χ0v) is 12.8. The lowest BCUT2D eigenvalue weighted by atomic mass is 9.97. The average molecular weight is 297 g/mol. The van der Waals surface area contributed by atoms with Gasteiger partial charge in [0.1, 0.15) is 0 Å². The Balaban J connectivity index is 1.61. The highest BCUT2D eigenvalue weighted by molar-refractivity contribution is 5.75. The van der Waals surface area contributed by atoms with Crippen LogP contribution in [0.3, 0.4) is 0 Å². The maximum absolute atomic E-state index is 11.9. The molecule has 3 N–H and O–H groups in total. The highest BCUT2D eigenvalue weighted by Gasteiger charge is 2.30. The van der Waals surface area contributed by atoms with E-state index in [0.29, 0.717) is 18.8 Å². The second-order valence-corrected chi connectivity index (χ2v) is 6.28. The molecule has 0 aromatic rings. The summed E-state index contributed by atoms with van der Waals surface area (Å²) in [6, 6.07) is -0.142. The molecule has 1 aliphatic carbocycles. The van der Waals surface area contributed by atoms with Gasteiger partial charge in [0.25, 0.3) is 0 Å². The monoisotopic (exact) mass is 297 g/mol. The van der Waals surface area contributed by atoms with Crippen LogP contribution in [0.4, 0.5) is 4.79 Å². The molecule has 6 nitrogen and oxygen atoms in total. The lowest BCUT2D eigenvalue weighted by Gasteiger charge is -2.31. The van der Waals surface area contributed by atoms with Crippen LogP contribution in [-0.4, -0.2) is 54.2 Å². The standard InChI is InChI=1S/C15H27N3O3/c1-2-18-7-5-11(6-8-18)10-16-15(21)17-13-4-3-12(9-13)14(19)20/h11-13H,2-10H2,1H3,(H,19,20)(H2,16,17,21). The molecule has 2 unspecified atom stereocenters. The minimum atomic E-state index is -0.748. The number of nitrogens with zero attached hydrogens (tertiary/aromatic N) is 1. The number of carbonyl (C=O) groups is 2. The van der Waals surface area contributed by atoms with Crippen LogP contribution in [0, 0.1) is 11.8 Å². The Kier molecular flexibility index (Phi) is 5.85. The van der Waals surface area contributed by atoms with Gasteiger partial charge >= 0.3 is 12.0 Å². The number of amides is 2. The number of hydrogen-bond donors (Lipinski definition) is 3. The van der Waals surface area contributed by atoms with Crippen LogP contribution in [-0.2, 0) is 4.79 Å². The van der Waals surface area contributed by atoms with Crippen LogP contribution in [0.15, 0.2) is 0 Å². The van der Waals surface area contributed by atoms with Crippen LogP contribution >= 0.6 is 0 Å². The third kappa shape index (κ3) is 4.88. The molecule has 1 saturated heterocycles. The van der Waals surface area contributed by atoms with Crippen molar-refractivity contribution in [1.82, 2.24) is 15.5 Å². The molecule has 0 bridgehead atoms. The van der Waals surface area contributed by atoms with Crippen molar-refractivity contribution in [2.24, 2.45) is 11.8 Å². The summed E-state index contributed by atoms with van der Waals surface area (Å²) in [6.07, 6.45) is 4.25. The van der Waals surface area contributed by atoms with Crippen molar-refractivity contribution < 1.29 is 14.7 Å². The smallest absolute Gasteiger partial charge is 0.315 e. The Morgan fingerprint density at radius 1 is 1.19 bits per heavy atom. The van der Waals surface area contributed by atoms with Gasteiger partial charge in [-0.1, -0.05) is 6.92 Å². The maximum Gasteiger partial charge on any atom is 0.315 e. The highest BCUT2D eigenvalue weighted by atomic mass is 16.4. The molecule has 1 saturated carbocycles. The van der Waals surface area contributed by atoms with Gasteiger partial charge in [-0.2, -0.15) is 0 Å². The van der Waals surface area contributed by atoms with Gasteiger partial charge in [0, 0.05) is 12.6 Å². The highest BCUT2D eigenvalue weighted by Crippen LogP contribution is 2.25. The van der Waals surface area contributed by atoms with Gasteiger partial charge in [-0.05, 0) is 57.7 Å². The molecule has 0 aromatic heterocycles. The topological polar surface area (TPSA) is 81.7 Å². The van der Waals surface area contributed by atoms with Gasteiger partial charge in [-0.25, -0.2) is 4.79 Å². The predicted octanol–water partition coefficient (Wildman–Crippen LogP) is 1.27. The molecule has 21 heavy (non-hydrogen) atoms. The van der Waals surface area contributed by atoms with Crippen LogP contribution in [0.1, 0.15) is 39.0 Å². The number of urea groups is 1. The minimum absolute atomic E-state index is 0.00744. The van der Waals surface area contributed by atoms with Crippen LogP contribution in [0.2, 0.25) is 0 Å². The third-order valence-electron chi connectivity index (χ3n) is 4.82. The predicted molar refractivity (Wildman–Crippen MR) is 80.1 cm³/mol. The van der Waals surface area contributed by atoms with Crippen LogP contribution in [0.5, 0.6) is 0 Å². The van der Waals surface area contributed by atoms with E-state index in [1.807, 2.05) is 0 Å². The molecule has 0 spiro atoms. The first-order valence-electron chi connectivity index (χ1n) is 8.08. The van der Waals surface area contributed by atoms with Gasteiger partial charge in [-0.3, -0.25) is 4.79 Å². The lowest BCUT2D eigenvalue weighted by Crippen LogP contribution is -2.44. The van der Waals surface area contributed by atoms with Crippen molar-refractivity contribution in [3.05, 3.63) is 0 Å². The minimum Gasteiger partial charge on any atom is -0.481 e. The summed E-state index contributed by atoms with van der Waals surface area (Å²) < 4.78 is 0. The Morgan fingerprint density at radius 2 is 1.90 bits per heavy atom. The number of hydrogen-bond acceptors (Lipinski definition) is 3. The van der Waals surface area contributed by atoms with E-state index in [1.54, 1.807) is 0 Å². The Hall–Kier alpha value is -1.30.